The monoisotopic (exact) mass is 232 g/mol. The van der Waals surface area contributed by atoms with E-state index < -0.39 is 23.1 Å². The summed E-state index contributed by atoms with van der Waals surface area (Å²) in [5.41, 5.74) is -2.73. The fraction of sp³-hybridized carbons (Fsp3) is 0.364. The highest BCUT2D eigenvalue weighted by Gasteiger charge is 2.32. The number of alkyl halides is 3. The third-order valence-corrected chi connectivity index (χ3v) is 2.01. The molecule has 0 fully saturated rings. The van der Waals surface area contributed by atoms with Crippen LogP contribution >= 0.6 is 0 Å². The van der Waals surface area contributed by atoms with E-state index in [0.717, 1.165) is 18.2 Å². The predicted octanol–water partition coefficient (Wildman–Crippen LogP) is 2.66. The quantitative estimate of drug-likeness (QED) is 0.796. The number of carbonyl (C=O) groups is 1. The van der Waals surface area contributed by atoms with E-state index in [1.165, 1.54) is 19.9 Å². The molecule has 0 amide bonds. The second-order valence-corrected chi connectivity index (χ2v) is 3.97. The number of aliphatic hydroxyl groups is 1. The van der Waals surface area contributed by atoms with Crippen LogP contribution < -0.4 is 0 Å². The van der Waals surface area contributed by atoms with Crippen molar-refractivity contribution in [1.82, 2.24) is 0 Å². The third-order valence-electron chi connectivity index (χ3n) is 2.01. The summed E-state index contributed by atoms with van der Waals surface area (Å²) in [4.78, 5) is 11.5. The van der Waals surface area contributed by atoms with Crippen molar-refractivity contribution in [3.8, 4) is 0 Å². The summed E-state index contributed by atoms with van der Waals surface area (Å²) in [5.74, 6) is -0.737. The first-order chi connectivity index (χ1) is 7.12. The molecule has 88 valence electrons. The number of ketones is 1. The maximum atomic E-state index is 12.4. The third kappa shape index (κ3) is 2.82. The van der Waals surface area contributed by atoms with Crippen LogP contribution in [0.3, 0.4) is 0 Å². The van der Waals surface area contributed by atoms with Gasteiger partial charge in [0, 0.05) is 5.56 Å². The lowest BCUT2D eigenvalue weighted by Gasteiger charge is -2.16. The van der Waals surface area contributed by atoms with Crippen molar-refractivity contribution in [2.24, 2.45) is 0 Å². The zero-order valence-corrected chi connectivity index (χ0v) is 8.80. The van der Waals surface area contributed by atoms with Gasteiger partial charge in [0.25, 0.3) is 0 Å². The second-order valence-electron chi connectivity index (χ2n) is 3.97. The lowest BCUT2D eigenvalue weighted by molar-refractivity contribution is -0.137. The number of benzene rings is 1. The van der Waals surface area contributed by atoms with Crippen LogP contribution in [0.15, 0.2) is 24.3 Å². The summed E-state index contributed by atoms with van der Waals surface area (Å²) in [6, 6.07) is 4.00. The molecule has 5 heteroatoms. The summed E-state index contributed by atoms with van der Waals surface area (Å²) in [7, 11) is 0. The average Bonchev–Trinajstić information content (AvgIpc) is 2.14. The highest BCUT2D eigenvalue weighted by atomic mass is 19.4. The lowest BCUT2D eigenvalue weighted by Crippen LogP contribution is -2.31. The van der Waals surface area contributed by atoms with Gasteiger partial charge in [-0.3, -0.25) is 4.79 Å². The van der Waals surface area contributed by atoms with Gasteiger partial charge in [0.15, 0.2) is 5.78 Å². The van der Waals surface area contributed by atoms with E-state index in [1.807, 2.05) is 0 Å². The number of rotatable bonds is 2. The first-order valence-corrected chi connectivity index (χ1v) is 4.57. The Balaban J connectivity index is 3.14. The summed E-state index contributed by atoms with van der Waals surface area (Å²) in [5, 5.41) is 9.40. The van der Waals surface area contributed by atoms with Gasteiger partial charge in [-0.25, -0.2) is 0 Å². The molecular formula is C11H11F3O2. The van der Waals surface area contributed by atoms with Crippen LogP contribution in [-0.4, -0.2) is 16.5 Å². The van der Waals surface area contributed by atoms with Gasteiger partial charge in [0.1, 0.15) is 5.60 Å². The Hall–Kier alpha value is -1.36. The molecule has 0 aliphatic heterocycles. The minimum atomic E-state index is -4.49. The molecule has 0 saturated carbocycles. The molecule has 2 nitrogen and oxygen atoms in total. The first-order valence-electron chi connectivity index (χ1n) is 4.57. The van der Waals surface area contributed by atoms with Gasteiger partial charge in [0.05, 0.1) is 5.56 Å². The van der Waals surface area contributed by atoms with E-state index in [-0.39, 0.29) is 5.56 Å². The van der Waals surface area contributed by atoms with Crippen LogP contribution in [0.25, 0.3) is 0 Å². The number of Topliss-reactive ketones (excluding diaryl/α,β-unsaturated/α-hetero) is 1. The molecule has 1 aromatic rings. The van der Waals surface area contributed by atoms with Crippen molar-refractivity contribution in [3.05, 3.63) is 35.4 Å². The van der Waals surface area contributed by atoms with Gasteiger partial charge in [-0.05, 0) is 26.0 Å². The molecular weight excluding hydrogens is 221 g/mol. The molecule has 1 N–H and O–H groups in total. The van der Waals surface area contributed by atoms with Crippen LogP contribution in [0.5, 0.6) is 0 Å². The Morgan fingerprint density at radius 1 is 1.25 bits per heavy atom. The number of carbonyl (C=O) groups excluding carboxylic acids is 1. The van der Waals surface area contributed by atoms with E-state index >= 15 is 0 Å². The second kappa shape index (κ2) is 3.90. The molecule has 0 aliphatic rings. The van der Waals surface area contributed by atoms with Gasteiger partial charge in [-0.2, -0.15) is 13.2 Å². The Morgan fingerprint density at radius 3 is 2.25 bits per heavy atom. The van der Waals surface area contributed by atoms with Gasteiger partial charge in [-0.15, -0.1) is 0 Å². The Kier molecular flexibility index (Phi) is 3.10. The van der Waals surface area contributed by atoms with Crippen molar-refractivity contribution < 1.29 is 23.1 Å². The standard InChI is InChI=1S/C11H11F3O2/c1-10(2,16)9(15)7-4-3-5-8(6-7)11(12,13)14/h3-6,16H,1-2H3. The van der Waals surface area contributed by atoms with Crippen LogP contribution in [-0.2, 0) is 6.18 Å². The fourth-order valence-corrected chi connectivity index (χ4v) is 1.19. The van der Waals surface area contributed by atoms with Crippen molar-refractivity contribution in [3.63, 3.8) is 0 Å². The highest BCUT2D eigenvalue weighted by molar-refractivity contribution is 6.01. The van der Waals surface area contributed by atoms with Gasteiger partial charge in [-0.1, -0.05) is 12.1 Å². The van der Waals surface area contributed by atoms with Gasteiger partial charge < -0.3 is 5.11 Å². The van der Waals surface area contributed by atoms with Crippen LogP contribution in [0.1, 0.15) is 29.8 Å². The first kappa shape index (κ1) is 12.7. The molecule has 0 spiro atoms. The molecule has 0 radical (unpaired) electrons. The molecule has 0 heterocycles. The molecule has 0 atom stereocenters. The van der Waals surface area contributed by atoms with E-state index in [2.05, 4.69) is 0 Å². The number of halogens is 3. The van der Waals surface area contributed by atoms with Crippen LogP contribution in [0, 0.1) is 0 Å². The predicted molar refractivity (Wildman–Crippen MR) is 52.1 cm³/mol. The maximum Gasteiger partial charge on any atom is 0.416 e. The molecule has 1 rings (SSSR count). The zero-order valence-electron chi connectivity index (χ0n) is 8.80. The zero-order chi connectivity index (χ0) is 12.6. The molecule has 0 unspecified atom stereocenters. The van der Waals surface area contributed by atoms with Gasteiger partial charge in [0.2, 0.25) is 0 Å². The topological polar surface area (TPSA) is 37.3 Å². The molecule has 0 bridgehead atoms. The molecule has 0 aromatic heterocycles. The lowest BCUT2D eigenvalue weighted by atomic mass is 9.95. The van der Waals surface area contributed by atoms with Crippen molar-refractivity contribution in [1.29, 1.82) is 0 Å². The molecule has 1 aromatic carbocycles. The summed E-state index contributed by atoms with van der Waals surface area (Å²) in [6.07, 6.45) is -4.49. The minimum absolute atomic E-state index is 0.151. The maximum absolute atomic E-state index is 12.4. The number of hydrogen-bond acceptors (Lipinski definition) is 2. The smallest absolute Gasteiger partial charge is 0.382 e. The Labute approximate surface area is 90.7 Å². The average molecular weight is 232 g/mol. The van der Waals surface area contributed by atoms with Crippen molar-refractivity contribution >= 4 is 5.78 Å². The summed E-state index contributed by atoms with van der Waals surface area (Å²) in [6.45, 7) is 2.46. The minimum Gasteiger partial charge on any atom is -0.382 e. The SMILES string of the molecule is CC(C)(O)C(=O)c1cccc(C(F)(F)F)c1. The van der Waals surface area contributed by atoms with E-state index in [1.54, 1.807) is 0 Å². The van der Waals surface area contributed by atoms with Gasteiger partial charge >= 0.3 is 6.18 Å². The Morgan fingerprint density at radius 2 is 1.81 bits per heavy atom. The Bertz CT molecular complexity index is 402. The largest absolute Gasteiger partial charge is 0.416 e. The molecule has 16 heavy (non-hydrogen) atoms. The van der Waals surface area contributed by atoms with E-state index in [4.69, 9.17) is 0 Å². The van der Waals surface area contributed by atoms with Crippen molar-refractivity contribution in [2.75, 3.05) is 0 Å². The summed E-state index contributed by atoms with van der Waals surface area (Å²) < 4.78 is 37.1. The normalized spacial score (nSPS) is 12.6. The molecule has 0 aliphatic carbocycles. The van der Waals surface area contributed by atoms with E-state index in [9.17, 15) is 23.1 Å². The van der Waals surface area contributed by atoms with Crippen LogP contribution in [0.4, 0.5) is 13.2 Å². The fourth-order valence-electron chi connectivity index (χ4n) is 1.19. The van der Waals surface area contributed by atoms with E-state index in [0.29, 0.717) is 0 Å². The molecule has 0 saturated heterocycles. The van der Waals surface area contributed by atoms with Crippen LogP contribution in [0.2, 0.25) is 0 Å². The van der Waals surface area contributed by atoms with Crippen molar-refractivity contribution in [2.45, 2.75) is 25.6 Å². The number of hydrogen-bond donors (Lipinski definition) is 1. The summed E-state index contributed by atoms with van der Waals surface area (Å²) >= 11 is 0. The highest BCUT2D eigenvalue weighted by Crippen LogP contribution is 2.30.